The molecule has 1 N–H and O–H groups in total. The molecule has 0 radical (unpaired) electrons. The molecule has 0 saturated carbocycles. The van der Waals surface area contributed by atoms with Gasteiger partial charge < -0.3 is 5.32 Å². The second-order valence-electron chi connectivity index (χ2n) is 6.94. The quantitative estimate of drug-likeness (QED) is 0.861. The van der Waals surface area contributed by atoms with Crippen LogP contribution in [0.3, 0.4) is 0 Å². The molecular weight excluding hydrogens is 378 g/mol. The summed E-state index contributed by atoms with van der Waals surface area (Å²) in [6.07, 6.45) is 3.13. The van der Waals surface area contributed by atoms with Crippen LogP contribution in [-0.4, -0.2) is 32.2 Å². The summed E-state index contributed by atoms with van der Waals surface area (Å²) in [5, 5.41) is 8.70. The molecule has 2 aliphatic rings. The fourth-order valence-corrected chi connectivity index (χ4v) is 3.99. The second kappa shape index (κ2) is 6.87. The lowest BCUT2D eigenvalue weighted by molar-refractivity contribution is -0.119. The van der Waals surface area contributed by atoms with Crippen LogP contribution in [0.1, 0.15) is 30.4 Å². The Hall–Kier alpha value is -3.00. The molecule has 0 fully saturated rings. The van der Waals surface area contributed by atoms with Crippen molar-refractivity contribution in [2.24, 2.45) is 5.10 Å². The number of hydrogen-bond acceptors (Lipinski definition) is 5. The summed E-state index contributed by atoms with van der Waals surface area (Å²) in [6, 6.07) is 11.9. The van der Waals surface area contributed by atoms with Gasteiger partial charge in [-0.3, -0.25) is 9.59 Å². The van der Waals surface area contributed by atoms with E-state index in [2.05, 4.69) is 10.4 Å². The van der Waals surface area contributed by atoms with Crippen LogP contribution in [0.4, 0.5) is 11.4 Å². The van der Waals surface area contributed by atoms with Gasteiger partial charge in [0.05, 0.1) is 16.3 Å². The van der Waals surface area contributed by atoms with Crippen molar-refractivity contribution < 1.29 is 18.0 Å². The van der Waals surface area contributed by atoms with Crippen LogP contribution in [0.25, 0.3) is 0 Å². The van der Waals surface area contributed by atoms with Crippen LogP contribution >= 0.6 is 0 Å². The van der Waals surface area contributed by atoms with Gasteiger partial charge in [0.25, 0.3) is 0 Å². The summed E-state index contributed by atoms with van der Waals surface area (Å²) in [6.45, 7) is 0. The Bertz CT molecular complexity index is 1100. The SMILES string of the molecule is CS(=O)(=O)c1ccc(N2N=C(c3ccc4c(c3)CCC(=O)N4)CCC2=O)cc1. The maximum atomic E-state index is 12.4. The average molecular weight is 397 g/mol. The molecule has 0 aliphatic carbocycles. The van der Waals surface area contributed by atoms with Gasteiger partial charge in [0, 0.05) is 31.2 Å². The zero-order valence-electron chi connectivity index (χ0n) is 15.3. The molecule has 144 valence electrons. The van der Waals surface area contributed by atoms with Crippen LogP contribution in [0, 0.1) is 0 Å². The zero-order valence-corrected chi connectivity index (χ0v) is 16.1. The number of nitrogens with zero attached hydrogens (tertiary/aromatic N) is 2. The van der Waals surface area contributed by atoms with E-state index in [-0.39, 0.29) is 16.7 Å². The molecule has 2 aliphatic heterocycles. The van der Waals surface area contributed by atoms with E-state index in [0.717, 1.165) is 28.8 Å². The Morgan fingerprint density at radius 1 is 0.964 bits per heavy atom. The Kier molecular flexibility index (Phi) is 4.50. The smallest absolute Gasteiger partial charge is 0.247 e. The number of amides is 2. The first kappa shape index (κ1) is 18.4. The highest BCUT2D eigenvalue weighted by Gasteiger charge is 2.24. The van der Waals surface area contributed by atoms with Crippen molar-refractivity contribution in [2.45, 2.75) is 30.6 Å². The Morgan fingerprint density at radius 2 is 1.71 bits per heavy atom. The minimum absolute atomic E-state index is 0.0181. The van der Waals surface area contributed by atoms with Gasteiger partial charge in [0.15, 0.2) is 9.84 Å². The molecule has 0 spiro atoms. The summed E-state index contributed by atoms with van der Waals surface area (Å²) in [7, 11) is -3.30. The fourth-order valence-electron chi connectivity index (χ4n) is 3.36. The van der Waals surface area contributed by atoms with E-state index in [1.807, 2.05) is 18.2 Å². The van der Waals surface area contributed by atoms with Crippen LogP contribution in [0.15, 0.2) is 52.5 Å². The van der Waals surface area contributed by atoms with Gasteiger partial charge in [-0.2, -0.15) is 5.10 Å². The monoisotopic (exact) mass is 397 g/mol. The number of carbonyl (C=O) groups excluding carboxylic acids is 2. The fraction of sp³-hybridized carbons (Fsp3) is 0.250. The van der Waals surface area contributed by atoms with Crippen LogP contribution in [0.2, 0.25) is 0 Å². The minimum atomic E-state index is -3.30. The average Bonchev–Trinajstić information content (AvgIpc) is 2.67. The summed E-state index contributed by atoms with van der Waals surface area (Å²) < 4.78 is 23.3. The third-order valence-electron chi connectivity index (χ3n) is 4.88. The number of hydrazone groups is 1. The second-order valence-corrected chi connectivity index (χ2v) is 8.95. The van der Waals surface area contributed by atoms with Gasteiger partial charge in [-0.25, -0.2) is 13.4 Å². The molecule has 7 nitrogen and oxygen atoms in total. The molecule has 2 aromatic carbocycles. The third kappa shape index (κ3) is 3.55. The Balaban J connectivity index is 1.66. The van der Waals surface area contributed by atoms with Crippen molar-refractivity contribution in [3.05, 3.63) is 53.6 Å². The number of benzene rings is 2. The van der Waals surface area contributed by atoms with E-state index in [1.165, 1.54) is 17.1 Å². The lowest BCUT2D eigenvalue weighted by Gasteiger charge is -2.24. The van der Waals surface area contributed by atoms with Gasteiger partial charge in [0.1, 0.15) is 0 Å². The topological polar surface area (TPSA) is 95.9 Å². The van der Waals surface area contributed by atoms with Gasteiger partial charge in [-0.05, 0) is 53.9 Å². The molecule has 0 atom stereocenters. The van der Waals surface area contributed by atoms with E-state index in [9.17, 15) is 18.0 Å². The molecule has 4 rings (SSSR count). The molecule has 0 saturated heterocycles. The van der Waals surface area contributed by atoms with E-state index >= 15 is 0 Å². The first-order chi connectivity index (χ1) is 13.3. The highest BCUT2D eigenvalue weighted by molar-refractivity contribution is 7.90. The molecule has 28 heavy (non-hydrogen) atoms. The first-order valence-corrected chi connectivity index (χ1v) is 10.8. The number of fused-ring (bicyclic) bond motifs is 1. The maximum absolute atomic E-state index is 12.4. The lowest BCUT2D eigenvalue weighted by Crippen LogP contribution is -2.32. The van der Waals surface area contributed by atoms with E-state index in [0.29, 0.717) is 31.4 Å². The molecule has 2 amide bonds. The van der Waals surface area contributed by atoms with E-state index in [4.69, 9.17) is 0 Å². The molecule has 2 aromatic rings. The largest absolute Gasteiger partial charge is 0.326 e. The normalized spacial score (nSPS) is 17.0. The maximum Gasteiger partial charge on any atom is 0.247 e. The number of carbonyl (C=O) groups is 2. The van der Waals surface area contributed by atoms with Crippen molar-refractivity contribution in [2.75, 3.05) is 16.6 Å². The number of anilines is 2. The van der Waals surface area contributed by atoms with Crippen molar-refractivity contribution in [3.63, 3.8) is 0 Å². The molecule has 0 unspecified atom stereocenters. The van der Waals surface area contributed by atoms with Crippen molar-refractivity contribution in [3.8, 4) is 0 Å². The van der Waals surface area contributed by atoms with Gasteiger partial charge in [-0.1, -0.05) is 6.07 Å². The van der Waals surface area contributed by atoms with Crippen molar-refractivity contribution in [1.82, 2.24) is 0 Å². The number of nitrogens with one attached hydrogen (secondary N) is 1. The van der Waals surface area contributed by atoms with E-state index < -0.39 is 9.84 Å². The highest BCUT2D eigenvalue weighted by atomic mass is 32.2. The van der Waals surface area contributed by atoms with Gasteiger partial charge in [0.2, 0.25) is 11.8 Å². The molecular formula is C20H19N3O4S. The Morgan fingerprint density at radius 3 is 2.43 bits per heavy atom. The Labute approximate surface area is 163 Å². The van der Waals surface area contributed by atoms with Crippen LogP contribution in [-0.2, 0) is 25.8 Å². The minimum Gasteiger partial charge on any atom is -0.326 e. The molecule has 0 aromatic heterocycles. The zero-order chi connectivity index (χ0) is 19.9. The predicted octanol–water partition coefficient (Wildman–Crippen LogP) is 2.51. The first-order valence-electron chi connectivity index (χ1n) is 8.95. The number of sulfone groups is 1. The van der Waals surface area contributed by atoms with Gasteiger partial charge >= 0.3 is 0 Å². The van der Waals surface area contributed by atoms with Crippen molar-refractivity contribution >= 4 is 38.7 Å². The van der Waals surface area contributed by atoms with E-state index in [1.54, 1.807) is 12.1 Å². The summed E-state index contributed by atoms with van der Waals surface area (Å²) in [5.74, 6) is -0.120. The predicted molar refractivity (Wildman–Crippen MR) is 106 cm³/mol. The summed E-state index contributed by atoms with van der Waals surface area (Å²) in [5.41, 5.74) is 4.10. The number of hydrogen-bond donors (Lipinski definition) is 1. The third-order valence-corrected chi connectivity index (χ3v) is 6.00. The number of rotatable bonds is 3. The molecule has 0 bridgehead atoms. The molecule has 8 heteroatoms. The van der Waals surface area contributed by atoms with Crippen LogP contribution < -0.4 is 10.3 Å². The van der Waals surface area contributed by atoms with Gasteiger partial charge in [-0.15, -0.1) is 0 Å². The summed E-state index contributed by atoms with van der Waals surface area (Å²) in [4.78, 5) is 24.1. The highest BCUT2D eigenvalue weighted by Crippen LogP contribution is 2.27. The standard InChI is InChI=1S/C20H19N3O4S/c1-28(26,27)16-6-4-15(5-7-16)23-20(25)11-9-18(22-23)14-2-8-17-13(12-14)3-10-19(24)21-17/h2,4-8,12H,3,9-11H2,1H3,(H,21,24). The van der Waals surface area contributed by atoms with Crippen molar-refractivity contribution in [1.29, 1.82) is 0 Å². The lowest BCUT2D eigenvalue weighted by atomic mass is 9.96. The molecule has 2 heterocycles. The van der Waals surface area contributed by atoms with Crippen LogP contribution in [0.5, 0.6) is 0 Å². The number of aryl methyl sites for hydroxylation is 1. The summed E-state index contributed by atoms with van der Waals surface area (Å²) >= 11 is 0.